The van der Waals surface area contributed by atoms with Gasteiger partial charge < -0.3 is 24.5 Å². The minimum absolute atomic E-state index is 0.132. The third-order valence-corrected chi connectivity index (χ3v) is 10.2. The maximum Gasteiger partial charge on any atom is 0.253 e. The van der Waals surface area contributed by atoms with Gasteiger partial charge >= 0.3 is 0 Å². The van der Waals surface area contributed by atoms with Crippen LogP contribution in [0.3, 0.4) is 0 Å². The van der Waals surface area contributed by atoms with E-state index < -0.39 is 35.1 Å². The van der Waals surface area contributed by atoms with Crippen LogP contribution in [-0.4, -0.2) is 70.7 Å². The Morgan fingerprint density at radius 3 is 2.16 bits per heavy atom. The summed E-state index contributed by atoms with van der Waals surface area (Å²) in [6.45, 7) is 15.6. The summed E-state index contributed by atoms with van der Waals surface area (Å²) in [5, 5.41) is 11.1. The van der Waals surface area contributed by atoms with Crippen LogP contribution in [0.4, 0.5) is 11.4 Å². The molecule has 1 N–H and O–H groups in total. The van der Waals surface area contributed by atoms with Crippen LogP contribution in [0, 0.1) is 23.7 Å². The number of aliphatic hydroxyl groups is 1. The molecule has 44 heavy (non-hydrogen) atoms. The lowest BCUT2D eigenvalue weighted by atomic mass is 9.62. The van der Waals surface area contributed by atoms with Crippen molar-refractivity contribution in [2.75, 3.05) is 29.5 Å². The van der Waals surface area contributed by atoms with Crippen LogP contribution in [0.15, 0.2) is 79.9 Å². The summed E-state index contributed by atoms with van der Waals surface area (Å²) in [5.41, 5.74) is -0.979. The molecule has 3 amide bonds. The Labute approximate surface area is 264 Å². The van der Waals surface area contributed by atoms with Crippen molar-refractivity contribution in [1.82, 2.24) is 4.90 Å². The lowest BCUT2D eigenvalue weighted by molar-refractivity contribution is -0.150. The fourth-order valence-electron chi connectivity index (χ4n) is 7.76. The van der Waals surface area contributed by atoms with Gasteiger partial charge in [-0.15, -0.1) is 13.2 Å². The first-order valence-corrected chi connectivity index (χ1v) is 15.6. The van der Waals surface area contributed by atoms with E-state index in [-0.39, 0.29) is 49.3 Å². The number of likely N-dealkylation sites (tertiary alicyclic amines) is 1. The Kier molecular flexibility index (Phi) is 8.82. The second kappa shape index (κ2) is 12.1. The lowest BCUT2D eigenvalue weighted by Crippen LogP contribution is -2.60. The molecule has 0 aromatic heterocycles. The Morgan fingerprint density at radius 1 is 1.05 bits per heavy atom. The number of carbonyl (C=O) groups is 3. The second-order valence-corrected chi connectivity index (χ2v) is 13.2. The molecule has 3 heterocycles. The number of anilines is 2. The fraction of sp³-hybridized carbons (Fsp3) is 0.457. The van der Waals surface area contributed by atoms with Crippen LogP contribution in [-0.2, 0) is 19.1 Å². The topological polar surface area (TPSA) is 90.4 Å². The number of para-hydroxylation sites is 1. The molecule has 7 atom stereocenters. The summed E-state index contributed by atoms with van der Waals surface area (Å²) in [6, 6.07) is 14.5. The Hall–Kier alpha value is -3.46. The molecule has 9 heteroatoms. The molecule has 3 aliphatic heterocycles. The number of fused-ring (bicyclic) bond motifs is 1. The minimum Gasteiger partial charge on any atom is -0.394 e. The molecule has 0 aliphatic carbocycles. The number of rotatable bonds is 11. The van der Waals surface area contributed by atoms with Crippen LogP contribution in [0.5, 0.6) is 0 Å². The normalized spacial score (nSPS) is 29.4. The van der Waals surface area contributed by atoms with E-state index in [0.717, 1.165) is 0 Å². The number of hydrogen-bond donors (Lipinski definition) is 1. The van der Waals surface area contributed by atoms with Gasteiger partial charge in [-0.2, -0.15) is 0 Å². The van der Waals surface area contributed by atoms with Gasteiger partial charge in [0.25, 0.3) is 5.91 Å². The van der Waals surface area contributed by atoms with E-state index in [1.54, 1.807) is 46.2 Å². The first kappa shape index (κ1) is 31.9. The van der Waals surface area contributed by atoms with Crippen molar-refractivity contribution in [3.05, 3.63) is 84.9 Å². The summed E-state index contributed by atoms with van der Waals surface area (Å²) in [6.07, 6.45) is 3.71. The maximum absolute atomic E-state index is 14.9. The van der Waals surface area contributed by atoms with Gasteiger partial charge in [0.1, 0.15) is 11.6 Å². The molecule has 3 unspecified atom stereocenters. The number of halogens is 1. The predicted molar refractivity (Wildman–Crippen MR) is 172 cm³/mol. The Bertz CT molecular complexity index is 1430. The van der Waals surface area contributed by atoms with Crippen molar-refractivity contribution in [1.29, 1.82) is 0 Å². The molecular weight excluding hydrogens is 578 g/mol. The van der Waals surface area contributed by atoms with Gasteiger partial charge in [-0.05, 0) is 61.6 Å². The smallest absolute Gasteiger partial charge is 0.253 e. The molecule has 1 spiro atoms. The van der Waals surface area contributed by atoms with Crippen molar-refractivity contribution in [2.24, 2.45) is 23.7 Å². The van der Waals surface area contributed by atoms with Gasteiger partial charge in [-0.25, -0.2) is 0 Å². The van der Waals surface area contributed by atoms with E-state index in [4.69, 9.17) is 16.3 Å². The predicted octanol–water partition coefficient (Wildman–Crippen LogP) is 5.11. The highest BCUT2D eigenvalue weighted by atomic mass is 35.5. The third-order valence-electron chi connectivity index (χ3n) is 9.93. The van der Waals surface area contributed by atoms with Crippen molar-refractivity contribution in [3.63, 3.8) is 0 Å². The lowest BCUT2D eigenvalue weighted by Gasteiger charge is -2.40. The van der Waals surface area contributed by atoms with Crippen LogP contribution >= 0.6 is 11.6 Å². The molecule has 8 nitrogen and oxygen atoms in total. The van der Waals surface area contributed by atoms with Gasteiger partial charge in [0.15, 0.2) is 0 Å². The highest BCUT2D eigenvalue weighted by Crippen LogP contribution is 2.66. The number of aliphatic hydroxyl groups excluding tert-OH is 1. The number of amides is 3. The number of benzene rings is 2. The number of hydrogen-bond acceptors (Lipinski definition) is 5. The molecule has 2 aromatic rings. The summed E-state index contributed by atoms with van der Waals surface area (Å²) < 4.78 is 6.96. The average Bonchev–Trinajstić information content (AvgIpc) is 3.52. The van der Waals surface area contributed by atoms with Crippen molar-refractivity contribution in [2.45, 2.75) is 57.4 Å². The zero-order valence-electron chi connectivity index (χ0n) is 25.9. The number of carbonyl (C=O) groups excluding carboxylic acids is 3. The third kappa shape index (κ3) is 4.88. The summed E-state index contributed by atoms with van der Waals surface area (Å²) in [4.78, 5) is 49.1. The SMILES string of the molecule is C=CCN(C(=O)C1N([C@@H](CO)C(C)C)C(=O)[C@@H]2[C@H](C(=O)N(CC=C)c3ccccc3)[C@@]3(C)OC12CC3C)c1ccc(Cl)cc1. The van der Waals surface area contributed by atoms with E-state index >= 15 is 0 Å². The molecule has 2 aromatic carbocycles. The summed E-state index contributed by atoms with van der Waals surface area (Å²) in [7, 11) is 0. The molecule has 5 rings (SSSR count). The van der Waals surface area contributed by atoms with E-state index in [2.05, 4.69) is 13.2 Å². The number of nitrogens with zero attached hydrogens (tertiary/aromatic N) is 3. The molecule has 2 bridgehead atoms. The standard InChI is InChI=1S/C35H42ClN3O5/c1-7-18-37(25-12-10-9-11-13-25)31(41)28-29-32(42)39(27(21-40)22(3)4)30(35(29)20-23(5)34(28,6)44-35)33(43)38(19-8-2)26-16-14-24(36)15-17-26/h7-17,22-23,27-30,40H,1-2,18-21H2,3-6H3/t23?,27-,28+,29-,30?,34-,35?/m0/s1. The average molecular weight is 620 g/mol. The van der Waals surface area contributed by atoms with Crippen molar-refractivity contribution >= 4 is 40.7 Å². The van der Waals surface area contributed by atoms with Gasteiger partial charge in [0.2, 0.25) is 11.8 Å². The molecule has 3 saturated heterocycles. The van der Waals surface area contributed by atoms with Crippen molar-refractivity contribution in [3.8, 4) is 0 Å². The van der Waals surface area contributed by atoms with Crippen LogP contribution < -0.4 is 9.80 Å². The van der Waals surface area contributed by atoms with E-state index in [1.807, 2.05) is 58.0 Å². The first-order valence-electron chi connectivity index (χ1n) is 15.2. The molecule has 3 fully saturated rings. The number of ether oxygens (including phenoxy) is 1. The van der Waals surface area contributed by atoms with Crippen LogP contribution in [0.2, 0.25) is 5.02 Å². The first-order chi connectivity index (χ1) is 21.0. The summed E-state index contributed by atoms with van der Waals surface area (Å²) >= 11 is 6.16. The highest BCUT2D eigenvalue weighted by Gasteiger charge is 2.80. The molecular formula is C35H42ClN3O5. The van der Waals surface area contributed by atoms with Gasteiger partial charge in [-0.3, -0.25) is 14.4 Å². The van der Waals surface area contributed by atoms with Gasteiger partial charge in [-0.1, -0.05) is 62.7 Å². The molecule has 3 aliphatic rings. The van der Waals surface area contributed by atoms with E-state index in [9.17, 15) is 19.5 Å². The molecule has 0 saturated carbocycles. The zero-order chi connectivity index (χ0) is 32.0. The fourth-order valence-corrected chi connectivity index (χ4v) is 7.88. The molecule has 234 valence electrons. The molecule has 0 radical (unpaired) electrons. The van der Waals surface area contributed by atoms with Crippen LogP contribution in [0.25, 0.3) is 0 Å². The Morgan fingerprint density at radius 2 is 1.61 bits per heavy atom. The van der Waals surface area contributed by atoms with Gasteiger partial charge in [0, 0.05) is 29.5 Å². The Balaban J connectivity index is 1.67. The van der Waals surface area contributed by atoms with Gasteiger partial charge in [0.05, 0.1) is 30.1 Å². The van der Waals surface area contributed by atoms with E-state index in [0.29, 0.717) is 22.8 Å². The monoisotopic (exact) mass is 619 g/mol. The quantitative estimate of drug-likeness (QED) is 0.353. The second-order valence-electron chi connectivity index (χ2n) is 12.7. The minimum atomic E-state index is -1.27. The highest BCUT2D eigenvalue weighted by molar-refractivity contribution is 6.30. The van der Waals surface area contributed by atoms with Crippen molar-refractivity contribution < 1.29 is 24.2 Å². The summed E-state index contributed by atoms with van der Waals surface area (Å²) in [5.74, 6) is -3.00. The van der Waals surface area contributed by atoms with Crippen LogP contribution in [0.1, 0.15) is 34.1 Å². The maximum atomic E-state index is 14.9. The van der Waals surface area contributed by atoms with E-state index in [1.165, 1.54) is 4.90 Å². The largest absolute Gasteiger partial charge is 0.394 e. The zero-order valence-corrected chi connectivity index (χ0v) is 26.6.